The molecule has 0 radical (unpaired) electrons. The Hall–Kier alpha value is -0.450. The van der Waals surface area contributed by atoms with Crippen molar-refractivity contribution in [2.24, 2.45) is 0 Å². The normalized spacial score (nSPS) is 22.4. The Morgan fingerprint density at radius 1 is 1.47 bits per heavy atom. The van der Waals surface area contributed by atoms with E-state index in [0.717, 1.165) is 31.7 Å². The Bertz CT molecular complexity index is 384. The molecule has 0 saturated carbocycles. The van der Waals surface area contributed by atoms with Gasteiger partial charge in [0, 0.05) is 25.7 Å². The van der Waals surface area contributed by atoms with Crippen LogP contribution in [0, 0.1) is 5.82 Å². The first-order valence-corrected chi connectivity index (χ1v) is 6.85. The smallest absolute Gasteiger partial charge is 0.137 e. The maximum Gasteiger partial charge on any atom is 0.137 e. The third-order valence-corrected chi connectivity index (χ3v) is 3.92. The summed E-state index contributed by atoms with van der Waals surface area (Å²) in [6.07, 6.45) is 1.17. The van der Waals surface area contributed by atoms with E-state index in [2.05, 4.69) is 33.1 Å². The lowest BCUT2D eigenvalue weighted by Crippen LogP contribution is -2.33. The molecule has 1 heterocycles. The van der Waals surface area contributed by atoms with Crippen molar-refractivity contribution >= 4 is 15.9 Å². The highest BCUT2D eigenvalue weighted by molar-refractivity contribution is 9.10. The molecule has 1 fully saturated rings. The lowest BCUT2D eigenvalue weighted by atomic mass is 10.1. The first-order valence-electron chi connectivity index (χ1n) is 6.05. The second-order valence-corrected chi connectivity index (χ2v) is 5.46. The number of hydrogen-bond donors (Lipinski definition) is 1. The van der Waals surface area contributed by atoms with Crippen molar-refractivity contribution in [1.82, 2.24) is 10.2 Å². The van der Waals surface area contributed by atoms with E-state index in [1.165, 1.54) is 12.5 Å². The van der Waals surface area contributed by atoms with Crippen molar-refractivity contribution in [1.29, 1.82) is 0 Å². The molecule has 1 N–H and O–H groups in total. The van der Waals surface area contributed by atoms with Gasteiger partial charge in [0.1, 0.15) is 5.82 Å². The molecule has 4 heteroatoms. The standard InChI is InChI=1S/C13H18BrFN2/c1-10-4-5-16-6-7-17(10)9-11-2-3-13(15)12(14)8-11/h2-3,8,10,16H,4-7,9H2,1H3. The molecule has 1 unspecified atom stereocenters. The summed E-state index contributed by atoms with van der Waals surface area (Å²) >= 11 is 3.24. The molecule has 1 aromatic rings. The minimum absolute atomic E-state index is 0.195. The molecule has 0 spiro atoms. The van der Waals surface area contributed by atoms with Gasteiger partial charge in [-0.3, -0.25) is 4.90 Å². The van der Waals surface area contributed by atoms with Crippen LogP contribution in [0.4, 0.5) is 4.39 Å². The second kappa shape index (κ2) is 5.94. The van der Waals surface area contributed by atoms with Gasteiger partial charge in [-0.15, -0.1) is 0 Å². The Morgan fingerprint density at radius 3 is 3.06 bits per heavy atom. The minimum Gasteiger partial charge on any atom is -0.315 e. The Balaban J connectivity index is 2.05. The van der Waals surface area contributed by atoms with Gasteiger partial charge < -0.3 is 5.32 Å². The molecule has 94 valence electrons. The van der Waals surface area contributed by atoms with Gasteiger partial charge in [0.15, 0.2) is 0 Å². The molecule has 0 aliphatic carbocycles. The predicted octanol–water partition coefficient (Wildman–Crippen LogP) is 2.77. The molecule has 2 nitrogen and oxygen atoms in total. The molecular weight excluding hydrogens is 283 g/mol. The fourth-order valence-electron chi connectivity index (χ4n) is 2.17. The van der Waals surface area contributed by atoms with E-state index in [1.54, 1.807) is 0 Å². The molecule has 1 saturated heterocycles. The SMILES string of the molecule is CC1CCNCCN1Cc1ccc(F)c(Br)c1. The lowest BCUT2D eigenvalue weighted by molar-refractivity contribution is 0.211. The summed E-state index contributed by atoms with van der Waals surface area (Å²) in [7, 11) is 0. The highest BCUT2D eigenvalue weighted by atomic mass is 79.9. The van der Waals surface area contributed by atoms with E-state index >= 15 is 0 Å². The zero-order chi connectivity index (χ0) is 12.3. The number of nitrogens with one attached hydrogen (secondary N) is 1. The number of rotatable bonds is 2. The molecule has 1 aromatic carbocycles. The van der Waals surface area contributed by atoms with Gasteiger partial charge in [0.2, 0.25) is 0 Å². The molecule has 1 atom stereocenters. The highest BCUT2D eigenvalue weighted by Gasteiger charge is 2.16. The summed E-state index contributed by atoms with van der Waals surface area (Å²) in [5.41, 5.74) is 1.16. The van der Waals surface area contributed by atoms with Crippen LogP contribution in [0.5, 0.6) is 0 Å². The number of hydrogen-bond acceptors (Lipinski definition) is 2. The molecular formula is C13H18BrFN2. The van der Waals surface area contributed by atoms with E-state index in [-0.39, 0.29) is 5.82 Å². The number of halogens is 2. The van der Waals surface area contributed by atoms with Gasteiger partial charge in [-0.05, 0) is 53.5 Å². The van der Waals surface area contributed by atoms with Crippen molar-refractivity contribution in [3.63, 3.8) is 0 Å². The van der Waals surface area contributed by atoms with E-state index in [1.807, 2.05) is 12.1 Å². The van der Waals surface area contributed by atoms with Gasteiger partial charge in [0.05, 0.1) is 4.47 Å². The van der Waals surface area contributed by atoms with Crippen molar-refractivity contribution in [2.45, 2.75) is 25.9 Å². The molecule has 0 bridgehead atoms. The minimum atomic E-state index is -0.195. The van der Waals surface area contributed by atoms with Crippen LogP contribution in [0.3, 0.4) is 0 Å². The maximum atomic E-state index is 13.1. The quantitative estimate of drug-likeness (QED) is 0.903. The average Bonchev–Trinajstić information content (AvgIpc) is 2.50. The molecule has 0 aromatic heterocycles. The Labute approximate surface area is 110 Å². The van der Waals surface area contributed by atoms with Crippen LogP contribution < -0.4 is 5.32 Å². The molecule has 0 amide bonds. The van der Waals surface area contributed by atoms with E-state index in [9.17, 15) is 4.39 Å². The third-order valence-electron chi connectivity index (χ3n) is 3.31. The van der Waals surface area contributed by atoms with Crippen LogP contribution in [0.15, 0.2) is 22.7 Å². The van der Waals surface area contributed by atoms with Crippen molar-refractivity contribution in [2.75, 3.05) is 19.6 Å². The van der Waals surface area contributed by atoms with Crippen molar-refractivity contribution in [3.8, 4) is 0 Å². The van der Waals surface area contributed by atoms with Crippen LogP contribution in [0.1, 0.15) is 18.9 Å². The van der Waals surface area contributed by atoms with Gasteiger partial charge in [-0.1, -0.05) is 6.07 Å². The third kappa shape index (κ3) is 3.50. The summed E-state index contributed by atoms with van der Waals surface area (Å²) in [6, 6.07) is 5.85. The Morgan fingerprint density at radius 2 is 2.29 bits per heavy atom. The number of nitrogens with zero attached hydrogens (tertiary/aromatic N) is 1. The fourth-order valence-corrected chi connectivity index (χ4v) is 2.60. The first kappa shape index (κ1) is 13.0. The zero-order valence-corrected chi connectivity index (χ0v) is 11.6. The summed E-state index contributed by atoms with van der Waals surface area (Å²) in [5.74, 6) is -0.195. The van der Waals surface area contributed by atoms with E-state index in [4.69, 9.17) is 0 Å². The molecule has 1 aliphatic rings. The lowest BCUT2D eigenvalue weighted by Gasteiger charge is -2.26. The van der Waals surface area contributed by atoms with Crippen molar-refractivity contribution < 1.29 is 4.39 Å². The molecule has 2 rings (SSSR count). The monoisotopic (exact) mass is 300 g/mol. The summed E-state index contributed by atoms with van der Waals surface area (Å²) in [6.45, 7) is 6.32. The average molecular weight is 301 g/mol. The van der Waals surface area contributed by atoms with Crippen LogP contribution in [-0.2, 0) is 6.54 Å². The van der Waals surface area contributed by atoms with Crippen LogP contribution in [-0.4, -0.2) is 30.6 Å². The number of benzene rings is 1. The fraction of sp³-hybridized carbons (Fsp3) is 0.538. The summed E-state index contributed by atoms with van der Waals surface area (Å²) < 4.78 is 13.7. The van der Waals surface area contributed by atoms with Gasteiger partial charge >= 0.3 is 0 Å². The van der Waals surface area contributed by atoms with Crippen LogP contribution in [0.2, 0.25) is 0 Å². The maximum absolute atomic E-state index is 13.1. The molecule has 1 aliphatic heterocycles. The Kier molecular flexibility index (Phi) is 4.54. The zero-order valence-electron chi connectivity index (χ0n) is 10.0. The summed E-state index contributed by atoms with van der Waals surface area (Å²) in [4.78, 5) is 2.44. The molecule has 17 heavy (non-hydrogen) atoms. The predicted molar refractivity (Wildman–Crippen MR) is 71.5 cm³/mol. The van der Waals surface area contributed by atoms with Gasteiger partial charge in [-0.25, -0.2) is 4.39 Å². The highest BCUT2D eigenvalue weighted by Crippen LogP contribution is 2.19. The van der Waals surface area contributed by atoms with Gasteiger partial charge in [0.25, 0.3) is 0 Å². The first-order chi connectivity index (χ1) is 8.16. The summed E-state index contributed by atoms with van der Waals surface area (Å²) in [5, 5.41) is 3.40. The van der Waals surface area contributed by atoms with Crippen LogP contribution in [0.25, 0.3) is 0 Å². The van der Waals surface area contributed by atoms with E-state index in [0.29, 0.717) is 10.5 Å². The second-order valence-electron chi connectivity index (χ2n) is 4.61. The largest absolute Gasteiger partial charge is 0.315 e. The van der Waals surface area contributed by atoms with Gasteiger partial charge in [-0.2, -0.15) is 0 Å². The topological polar surface area (TPSA) is 15.3 Å². The van der Waals surface area contributed by atoms with Crippen LogP contribution >= 0.6 is 15.9 Å². The van der Waals surface area contributed by atoms with Crippen molar-refractivity contribution in [3.05, 3.63) is 34.1 Å². The van der Waals surface area contributed by atoms with E-state index < -0.39 is 0 Å².